The van der Waals surface area contributed by atoms with Crippen molar-refractivity contribution in [3.63, 3.8) is 0 Å². The molecule has 0 spiro atoms. The second-order valence-corrected chi connectivity index (χ2v) is 8.95. The Kier molecular flexibility index (Phi) is 8.61. The summed E-state index contributed by atoms with van der Waals surface area (Å²) in [5, 5.41) is 11.2. The van der Waals surface area contributed by atoms with Crippen molar-refractivity contribution in [2.24, 2.45) is 0 Å². The Morgan fingerprint density at radius 1 is 1.00 bits per heavy atom. The van der Waals surface area contributed by atoms with Crippen molar-refractivity contribution in [3.8, 4) is 11.5 Å². The van der Waals surface area contributed by atoms with Gasteiger partial charge in [-0.2, -0.15) is 0 Å². The van der Waals surface area contributed by atoms with Crippen LogP contribution in [0.15, 0.2) is 54.1 Å². The van der Waals surface area contributed by atoms with Gasteiger partial charge < -0.3 is 24.2 Å². The zero-order valence-electron chi connectivity index (χ0n) is 20.9. The number of carbonyl (C=O) groups excluding carboxylic acids is 2. The average Bonchev–Trinajstić information content (AvgIpc) is 3.17. The summed E-state index contributed by atoms with van der Waals surface area (Å²) in [6.45, 7) is 6.99. The Bertz CT molecular complexity index is 1070. The predicted octanol–water partition coefficient (Wildman–Crippen LogP) is 3.63. The Morgan fingerprint density at radius 2 is 1.67 bits per heavy atom. The number of Topliss-reactive ketones (excluding diaryl/α,β-unsaturated/α-hetero) is 1. The van der Waals surface area contributed by atoms with Crippen LogP contribution in [-0.2, 0) is 14.3 Å². The molecule has 2 fully saturated rings. The van der Waals surface area contributed by atoms with Gasteiger partial charge in [-0.25, -0.2) is 0 Å². The molecule has 0 unspecified atom stereocenters. The minimum atomic E-state index is -0.683. The summed E-state index contributed by atoms with van der Waals surface area (Å²) in [6.07, 6.45) is 1.61. The van der Waals surface area contributed by atoms with Crippen LogP contribution in [0.4, 0.5) is 0 Å². The molecule has 0 saturated carbocycles. The molecule has 0 bridgehead atoms. The van der Waals surface area contributed by atoms with Gasteiger partial charge in [0, 0.05) is 31.7 Å². The normalized spacial score (nSPS) is 20.1. The van der Waals surface area contributed by atoms with Gasteiger partial charge in [-0.3, -0.25) is 14.5 Å². The van der Waals surface area contributed by atoms with Crippen molar-refractivity contribution in [2.75, 3.05) is 53.1 Å². The molecule has 36 heavy (non-hydrogen) atoms. The van der Waals surface area contributed by atoms with Gasteiger partial charge in [0.2, 0.25) is 0 Å². The van der Waals surface area contributed by atoms with Gasteiger partial charge in [0.1, 0.15) is 17.3 Å². The van der Waals surface area contributed by atoms with E-state index in [0.29, 0.717) is 44.1 Å². The molecule has 4 rings (SSSR count). The van der Waals surface area contributed by atoms with E-state index >= 15 is 0 Å². The lowest BCUT2D eigenvalue weighted by atomic mass is 9.95. The number of hydrogen-bond acceptors (Lipinski definition) is 7. The first kappa shape index (κ1) is 25.7. The van der Waals surface area contributed by atoms with Crippen LogP contribution in [-0.4, -0.2) is 79.7 Å². The van der Waals surface area contributed by atoms with Crippen molar-refractivity contribution in [2.45, 2.75) is 25.8 Å². The lowest BCUT2D eigenvalue weighted by Gasteiger charge is -2.29. The summed E-state index contributed by atoms with van der Waals surface area (Å²) in [5.41, 5.74) is 1.30. The second-order valence-electron chi connectivity index (χ2n) is 8.95. The van der Waals surface area contributed by atoms with Gasteiger partial charge in [-0.05, 0) is 54.8 Å². The van der Waals surface area contributed by atoms with Crippen LogP contribution in [0.2, 0.25) is 0 Å². The van der Waals surface area contributed by atoms with Crippen LogP contribution in [0.3, 0.4) is 0 Å². The fraction of sp³-hybridized carbons (Fsp3) is 0.429. The second kappa shape index (κ2) is 12.1. The maximum atomic E-state index is 13.2. The molecule has 2 heterocycles. The maximum absolute atomic E-state index is 13.2. The number of morpholine rings is 1. The number of benzene rings is 2. The highest BCUT2D eigenvalue weighted by Crippen LogP contribution is 2.40. The van der Waals surface area contributed by atoms with E-state index in [2.05, 4.69) is 4.90 Å². The molecule has 0 aliphatic carbocycles. The van der Waals surface area contributed by atoms with E-state index in [1.54, 1.807) is 36.3 Å². The minimum Gasteiger partial charge on any atom is -0.507 e. The smallest absolute Gasteiger partial charge is 0.295 e. The summed E-state index contributed by atoms with van der Waals surface area (Å²) in [4.78, 5) is 30.3. The topological polar surface area (TPSA) is 88.5 Å². The lowest BCUT2D eigenvalue weighted by Crippen LogP contribution is -2.38. The average molecular weight is 495 g/mol. The van der Waals surface area contributed by atoms with E-state index in [1.165, 1.54) is 0 Å². The zero-order valence-corrected chi connectivity index (χ0v) is 20.9. The van der Waals surface area contributed by atoms with E-state index in [-0.39, 0.29) is 11.3 Å². The Hall–Kier alpha value is -3.36. The molecule has 192 valence electrons. The van der Waals surface area contributed by atoms with Gasteiger partial charge in [-0.15, -0.1) is 0 Å². The van der Waals surface area contributed by atoms with Crippen LogP contribution in [0.5, 0.6) is 11.5 Å². The molecule has 2 aliphatic rings. The fourth-order valence-electron chi connectivity index (χ4n) is 4.62. The number of aliphatic hydroxyl groups excluding tert-OH is 1. The highest BCUT2D eigenvalue weighted by Gasteiger charge is 2.45. The van der Waals surface area contributed by atoms with Crippen molar-refractivity contribution in [3.05, 3.63) is 65.2 Å². The third kappa shape index (κ3) is 5.71. The van der Waals surface area contributed by atoms with Crippen LogP contribution in [0.1, 0.15) is 36.9 Å². The molecule has 8 heteroatoms. The standard InChI is InChI=1S/C28H34N2O6/c1-3-17-36-23-11-5-20(6-12-23)25-24(26(31)21-7-9-22(34-2)10-8-21)27(32)28(33)30(25)14-4-13-29-15-18-35-19-16-29/h5-12,25,31H,3-4,13-19H2,1-2H3/t25-/m0/s1. The largest absolute Gasteiger partial charge is 0.507 e. The highest BCUT2D eigenvalue weighted by atomic mass is 16.5. The molecule has 0 radical (unpaired) electrons. The molecule has 1 atom stereocenters. The molecular formula is C28H34N2O6. The molecule has 1 amide bonds. The molecule has 0 aromatic heterocycles. The van der Waals surface area contributed by atoms with Crippen molar-refractivity contribution in [1.29, 1.82) is 0 Å². The molecular weight excluding hydrogens is 460 g/mol. The van der Waals surface area contributed by atoms with E-state index in [4.69, 9.17) is 14.2 Å². The molecule has 2 aromatic rings. The quantitative estimate of drug-likeness (QED) is 0.307. The third-order valence-corrected chi connectivity index (χ3v) is 6.55. The molecule has 2 aromatic carbocycles. The van der Waals surface area contributed by atoms with Gasteiger partial charge in [-0.1, -0.05) is 19.1 Å². The van der Waals surface area contributed by atoms with Crippen LogP contribution in [0.25, 0.3) is 5.76 Å². The van der Waals surface area contributed by atoms with Crippen molar-refractivity contribution in [1.82, 2.24) is 9.80 Å². The summed E-state index contributed by atoms with van der Waals surface area (Å²) in [6, 6.07) is 13.5. The van der Waals surface area contributed by atoms with Crippen LogP contribution < -0.4 is 9.47 Å². The van der Waals surface area contributed by atoms with Gasteiger partial charge in [0.15, 0.2) is 0 Å². The Balaban J connectivity index is 1.65. The number of rotatable bonds is 10. The van der Waals surface area contributed by atoms with E-state index < -0.39 is 17.7 Å². The number of ketones is 1. The first-order valence-corrected chi connectivity index (χ1v) is 12.5. The fourth-order valence-corrected chi connectivity index (χ4v) is 4.62. The summed E-state index contributed by atoms with van der Waals surface area (Å²) in [5.74, 6) is -0.105. The SMILES string of the molecule is CCCOc1ccc([C@H]2C(=C(O)c3ccc(OC)cc3)C(=O)C(=O)N2CCCN2CCOCC2)cc1. The first-order chi connectivity index (χ1) is 17.5. The number of aliphatic hydroxyl groups is 1. The monoisotopic (exact) mass is 494 g/mol. The van der Waals surface area contributed by atoms with Gasteiger partial charge in [0.25, 0.3) is 11.7 Å². The minimum absolute atomic E-state index is 0.0961. The van der Waals surface area contributed by atoms with Crippen LogP contribution in [0, 0.1) is 0 Å². The van der Waals surface area contributed by atoms with E-state index in [1.807, 2.05) is 31.2 Å². The highest BCUT2D eigenvalue weighted by molar-refractivity contribution is 6.46. The predicted molar refractivity (Wildman–Crippen MR) is 136 cm³/mol. The number of methoxy groups -OCH3 is 1. The first-order valence-electron chi connectivity index (χ1n) is 12.5. The molecule has 8 nitrogen and oxygen atoms in total. The number of ether oxygens (including phenoxy) is 3. The number of hydrogen-bond donors (Lipinski definition) is 1. The van der Waals surface area contributed by atoms with Crippen LogP contribution >= 0.6 is 0 Å². The maximum Gasteiger partial charge on any atom is 0.295 e. The van der Waals surface area contributed by atoms with E-state index in [9.17, 15) is 14.7 Å². The molecule has 2 saturated heterocycles. The molecule has 1 N–H and O–H groups in total. The third-order valence-electron chi connectivity index (χ3n) is 6.55. The molecule has 2 aliphatic heterocycles. The van der Waals surface area contributed by atoms with Crippen molar-refractivity contribution < 1.29 is 28.9 Å². The number of nitrogens with zero attached hydrogens (tertiary/aromatic N) is 2. The Labute approximate surface area is 212 Å². The summed E-state index contributed by atoms with van der Waals surface area (Å²) < 4.78 is 16.3. The number of carbonyl (C=O) groups is 2. The lowest BCUT2D eigenvalue weighted by molar-refractivity contribution is -0.140. The van der Waals surface area contributed by atoms with Gasteiger partial charge >= 0.3 is 0 Å². The van der Waals surface area contributed by atoms with Gasteiger partial charge in [0.05, 0.1) is 38.5 Å². The summed E-state index contributed by atoms with van der Waals surface area (Å²) >= 11 is 0. The van der Waals surface area contributed by atoms with Crippen molar-refractivity contribution >= 4 is 17.4 Å². The Morgan fingerprint density at radius 3 is 2.31 bits per heavy atom. The number of amides is 1. The zero-order chi connectivity index (χ0) is 25.5. The number of likely N-dealkylation sites (tertiary alicyclic amines) is 1. The van der Waals surface area contributed by atoms with E-state index in [0.717, 1.165) is 37.4 Å². The summed E-state index contributed by atoms with van der Waals surface area (Å²) in [7, 11) is 1.56.